The molecule has 0 saturated heterocycles. The van der Waals surface area contributed by atoms with E-state index in [1.165, 1.54) is 0 Å². The summed E-state index contributed by atoms with van der Waals surface area (Å²) in [6.07, 6.45) is 0. The van der Waals surface area contributed by atoms with Crippen molar-refractivity contribution in [1.82, 2.24) is 15.1 Å². The number of likely N-dealkylation sites (N-methyl/N-ethyl adjacent to an activating group) is 1. The lowest BCUT2D eigenvalue weighted by atomic mass is 10.1. The Hall–Kier alpha value is -3.41. The molecular weight excluding hydrogens is 352 g/mol. The molecular formula is C22H22N4O2. The first-order chi connectivity index (χ1) is 13.6. The predicted molar refractivity (Wildman–Crippen MR) is 110 cm³/mol. The van der Waals surface area contributed by atoms with Gasteiger partial charge in [0.2, 0.25) is 0 Å². The fourth-order valence-electron chi connectivity index (χ4n) is 3.19. The maximum absolute atomic E-state index is 5.84. The summed E-state index contributed by atoms with van der Waals surface area (Å²) in [5.41, 5.74) is 2.52. The molecule has 0 bridgehead atoms. The van der Waals surface area contributed by atoms with Crippen LogP contribution < -0.4 is 9.64 Å². The van der Waals surface area contributed by atoms with E-state index in [0.717, 1.165) is 33.7 Å². The molecule has 0 aliphatic carbocycles. The minimum absolute atomic E-state index is 0.555. The van der Waals surface area contributed by atoms with Gasteiger partial charge >= 0.3 is 0 Å². The summed E-state index contributed by atoms with van der Waals surface area (Å²) in [5, 5.41) is 5.04. The first-order valence-corrected chi connectivity index (χ1v) is 9.22. The van der Waals surface area contributed by atoms with Crippen molar-refractivity contribution in [3.8, 4) is 17.1 Å². The molecule has 2 aromatic heterocycles. The van der Waals surface area contributed by atoms with Crippen LogP contribution in [0.4, 0.5) is 5.82 Å². The fraction of sp³-hybridized carbons (Fsp3) is 0.227. The Kier molecular flexibility index (Phi) is 4.93. The smallest absolute Gasteiger partial charge is 0.167 e. The molecule has 6 heteroatoms. The van der Waals surface area contributed by atoms with Gasteiger partial charge in [-0.2, -0.15) is 0 Å². The third kappa shape index (κ3) is 3.53. The Morgan fingerprint density at radius 2 is 1.71 bits per heavy atom. The highest BCUT2D eigenvalue weighted by Crippen LogP contribution is 2.30. The number of hydrogen-bond acceptors (Lipinski definition) is 6. The van der Waals surface area contributed by atoms with Gasteiger partial charge in [0.25, 0.3) is 0 Å². The van der Waals surface area contributed by atoms with Crippen LogP contribution in [0.2, 0.25) is 0 Å². The van der Waals surface area contributed by atoms with Crippen molar-refractivity contribution < 1.29 is 9.26 Å². The van der Waals surface area contributed by atoms with Gasteiger partial charge in [0, 0.05) is 12.4 Å². The van der Waals surface area contributed by atoms with E-state index < -0.39 is 0 Å². The second kappa shape index (κ2) is 7.68. The zero-order chi connectivity index (χ0) is 19.5. The summed E-state index contributed by atoms with van der Waals surface area (Å²) < 4.78 is 11.2. The molecule has 6 nitrogen and oxygen atoms in total. The number of anilines is 1. The lowest BCUT2D eigenvalue weighted by Crippen LogP contribution is -2.25. The van der Waals surface area contributed by atoms with Crippen LogP contribution in [-0.4, -0.2) is 35.3 Å². The molecule has 2 aromatic carbocycles. The number of fused-ring (bicyclic) bond motifs is 1. The van der Waals surface area contributed by atoms with Crippen molar-refractivity contribution in [2.45, 2.75) is 13.8 Å². The van der Waals surface area contributed by atoms with Crippen molar-refractivity contribution in [2.24, 2.45) is 0 Å². The second-order valence-corrected chi connectivity index (χ2v) is 6.67. The average molecular weight is 374 g/mol. The molecule has 0 N–H and O–H groups in total. The Morgan fingerprint density at radius 1 is 0.964 bits per heavy atom. The summed E-state index contributed by atoms with van der Waals surface area (Å²) in [5.74, 6) is 3.06. The molecule has 0 radical (unpaired) electrons. The van der Waals surface area contributed by atoms with E-state index in [-0.39, 0.29) is 0 Å². The molecule has 0 aliphatic rings. The molecule has 142 valence electrons. The molecule has 2 heterocycles. The number of ether oxygens (including phenoxy) is 1. The summed E-state index contributed by atoms with van der Waals surface area (Å²) in [4.78, 5) is 11.7. The summed E-state index contributed by atoms with van der Waals surface area (Å²) in [6, 6.07) is 17.8. The molecule has 0 fully saturated rings. The zero-order valence-corrected chi connectivity index (χ0v) is 16.2. The number of benzene rings is 2. The maximum atomic E-state index is 5.84. The van der Waals surface area contributed by atoms with Crippen molar-refractivity contribution in [2.75, 3.05) is 25.1 Å². The van der Waals surface area contributed by atoms with Gasteiger partial charge in [-0.3, -0.25) is 0 Å². The standard InChI is InChI=1S/C22H22N4O2/c1-15-20(16(2)28-25-15)21-23-19-12-8-7-11-18(19)22(24-21)26(3)13-14-27-17-9-5-4-6-10-17/h4-12H,13-14H2,1-3H3. The van der Waals surface area contributed by atoms with Crippen LogP contribution in [0.25, 0.3) is 22.3 Å². The van der Waals surface area contributed by atoms with E-state index in [0.29, 0.717) is 24.7 Å². The Bertz CT molecular complexity index is 1070. The normalized spacial score (nSPS) is 11.0. The predicted octanol–water partition coefficient (Wildman–Crippen LogP) is 4.42. The largest absolute Gasteiger partial charge is 0.492 e. The molecule has 4 aromatic rings. The van der Waals surface area contributed by atoms with Gasteiger partial charge in [-0.25, -0.2) is 9.97 Å². The summed E-state index contributed by atoms with van der Waals surface area (Å²) >= 11 is 0. The third-order valence-electron chi connectivity index (χ3n) is 4.64. The Balaban J connectivity index is 1.65. The van der Waals surface area contributed by atoms with Gasteiger partial charge in [0.15, 0.2) is 5.82 Å². The topological polar surface area (TPSA) is 64.3 Å². The number of aryl methyl sites for hydroxylation is 2. The van der Waals surface area contributed by atoms with E-state index in [1.54, 1.807) is 0 Å². The number of rotatable bonds is 6. The van der Waals surface area contributed by atoms with Crippen LogP contribution in [0.1, 0.15) is 11.5 Å². The van der Waals surface area contributed by atoms with Crippen molar-refractivity contribution in [3.05, 3.63) is 66.1 Å². The first-order valence-electron chi connectivity index (χ1n) is 9.22. The molecule has 0 unspecified atom stereocenters. The molecule has 0 amide bonds. The van der Waals surface area contributed by atoms with Crippen LogP contribution in [0.5, 0.6) is 5.75 Å². The van der Waals surface area contributed by atoms with E-state index >= 15 is 0 Å². The minimum atomic E-state index is 0.555. The lowest BCUT2D eigenvalue weighted by molar-refractivity contribution is 0.326. The SMILES string of the molecule is Cc1noc(C)c1-c1nc(N(C)CCOc2ccccc2)c2ccccc2n1. The third-order valence-corrected chi connectivity index (χ3v) is 4.64. The Morgan fingerprint density at radius 3 is 2.46 bits per heavy atom. The number of nitrogens with zero attached hydrogens (tertiary/aromatic N) is 4. The van der Waals surface area contributed by atoms with Gasteiger partial charge in [0.1, 0.15) is 23.9 Å². The molecule has 0 spiro atoms. The molecule has 4 rings (SSSR count). The Labute approximate surface area is 163 Å². The number of aromatic nitrogens is 3. The van der Waals surface area contributed by atoms with Crippen LogP contribution in [0, 0.1) is 13.8 Å². The number of hydrogen-bond donors (Lipinski definition) is 0. The summed E-state index contributed by atoms with van der Waals surface area (Å²) in [7, 11) is 2.01. The highest BCUT2D eigenvalue weighted by molar-refractivity contribution is 5.91. The van der Waals surface area contributed by atoms with Gasteiger partial charge in [-0.15, -0.1) is 0 Å². The van der Waals surface area contributed by atoms with E-state index in [4.69, 9.17) is 19.2 Å². The molecule has 28 heavy (non-hydrogen) atoms. The van der Waals surface area contributed by atoms with Crippen LogP contribution in [0.15, 0.2) is 59.1 Å². The van der Waals surface area contributed by atoms with Gasteiger partial charge < -0.3 is 14.2 Å². The maximum Gasteiger partial charge on any atom is 0.167 e. The van der Waals surface area contributed by atoms with E-state index in [2.05, 4.69) is 10.1 Å². The van der Waals surface area contributed by atoms with Crippen LogP contribution >= 0.6 is 0 Å². The zero-order valence-electron chi connectivity index (χ0n) is 16.2. The fourth-order valence-corrected chi connectivity index (χ4v) is 3.19. The van der Waals surface area contributed by atoms with E-state index in [9.17, 15) is 0 Å². The monoisotopic (exact) mass is 374 g/mol. The highest BCUT2D eigenvalue weighted by Gasteiger charge is 2.18. The van der Waals surface area contributed by atoms with Gasteiger partial charge in [-0.1, -0.05) is 35.5 Å². The summed E-state index contributed by atoms with van der Waals surface area (Å²) in [6.45, 7) is 5.03. The van der Waals surface area contributed by atoms with Crippen molar-refractivity contribution >= 4 is 16.7 Å². The van der Waals surface area contributed by atoms with Crippen molar-refractivity contribution in [1.29, 1.82) is 0 Å². The van der Waals surface area contributed by atoms with Crippen LogP contribution in [-0.2, 0) is 0 Å². The molecule has 0 aliphatic heterocycles. The quantitative estimate of drug-likeness (QED) is 0.498. The number of para-hydroxylation sites is 2. The van der Waals surface area contributed by atoms with E-state index in [1.807, 2.05) is 75.5 Å². The van der Waals surface area contributed by atoms with Crippen LogP contribution in [0.3, 0.4) is 0 Å². The van der Waals surface area contributed by atoms with Gasteiger partial charge in [-0.05, 0) is 38.1 Å². The molecule has 0 saturated carbocycles. The second-order valence-electron chi connectivity index (χ2n) is 6.67. The molecule has 0 atom stereocenters. The first kappa shape index (κ1) is 18.0. The minimum Gasteiger partial charge on any atom is -0.492 e. The highest BCUT2D eigenvalue weighted by atomic mass is 16.5. The van der Waals surface area contributed by atoms with Crippen molar-refractivity contribution in [3.63, 3.8) is 0 Å². The average Bonchev–Trinajstić information content (AvgIpc) is 3.06. The van der Waals surface area contributed by atoms with Gasteiger partial charge in [0.05, 0.1) is 23.3 Å². The lowest BCUT2D eigenvalue weighted by Gasteiger charge is -2.21.